The highest BCUT2D eigenvalue weighted by Crippen LogP contribution is 2.39. The number of amides is 1. The van der Waals surface area contributed by atoms with Crippen molar-refractivity contribution in [1.82, 2.24) is 15.0 Å². The number of nitrogens with one attached hydrogen (secondary N) is 2. The predicted octanol–water partition coefficient (Wildman–Crippen LogP) is 2.27. The third kappa shape index (κ3) is 4.16. The van der Waals surface area contributed by atoms with E-state index < -0.39 is 5.91 Å². The molecule has 0 aliphatic heterocycles. The number of carbonyl (C=O) groups is 1. The Bertz CT molecular complexity index is 837. The third-order valence-corrected chi connectivity index (χ3v) is 5.20. The van der Waals surface area contributed by atoms with Crippen molar-refractivity contribution >= 4 is 23.2 Å². The van der Waals surface area contributed by atoms with Crippen LogP contribution in [-0.2, 0) is 0 Å². The van der Waals surface area contributed by atoms with Gasteiger partial charge in [-0.1, -0.05) is 12.8 Å². The summed E-state index contributed by atoms with van der Waals surface area (Å²) < 4.78 is 0. The second kappa shape index (κ2) is 7.48. The monoisotopic (exact) mass is 367 g/mol. The number of hydrogen-bond acceptors (Lipinski definition) is 7. The first kappa shape index (κ1) is 17.7. The minimum atomic E-state index is -0.623. The molecule has 2 aromatic heterocycles. The molecule has 6 N–H and O–H groups in total. The van der Waals surface area contributed by atoms with Crippen molar-refractivity contribution in [3.05, 3.63) is 35.9 Å². The average molecular weight is 367 g/mol. The lowest BCUT2D eigenvalue weighted by Gasteiger charge is -2.29. The second-order valence-electron chi connectivity index (χ2n) is 7.38. The van der Waals surface area contributed by atoms with Crippen LogP contribution < -0.4 is 22.1 Å². The summed E-state index contributed by atoms with van der Waals surface area (Å²) in [5.41, 5.74) is 13.7. The van der Waals surface area contributed by atoms with Crippen molar-refractivity contribution < 1.29 is 4.79 Å². The van der Waals surface area contributed by atoms with E-state index in [0.29, 0.717) is 17.6 Å². The minimum Gasteiger partial charge on any atom is -0.364 e. The number of anilines is 3. The summed E-state index contributed by atoms with van der Waals surface area (Å²) in [6.45, 7) is 0. The average Bonchev–Trinajstić information content (AvgIpc) is 3.49. The Morgan fingerprint density at radius 1 is 1.15 bits per heavy atom. The topological polar surface area (TPSA) is 132 Å². The third-order valence-electron chi connectivity index (χ3n) is 5.20. The number of pyridine rings is 1. The number of aromatic nitrogens is 3. The summed E-state index contributed by atoms with van der Waals surface area (Å²) in [5, 5.41) is 6.54. The molecule has 2 aliphatic carbocycles. The van der Waals surface area contributed by atoms with E-state index in [2.05, 4.69) is 25.6 Å². The normalized spacial score (nSPS) is 22.3. The lowest BCUT2D eigenvalue weighted by atomic mass is 9.91. The van der Waals surface area contributed by atoms with Crippen LogP contribution in [0, 0.1) is 0 Å². The maximum absolute atomic E-state index is 11.8. The van der Waals surface area contributed by atoms with Gasteiger partial charge in [-0.3, -0.25) is 9.78 Å². The largest absolute Gasteiger partial charge is 0.364 e. The number of primary amides is 1. The zero-order chi connectivity index (χ0) is 18.8. The van der Waals surface area contributed by atoms with Crippen molar-refractivity contribution in [1.29, 1.82) is 0 Å². The molecule has 8 heteroatoms. The first-order valence-corrected chi connectivity index (χ1v) is 9.52. The van der Waals surface area contributed by atoms with Crippen LogP contribution in [0.25, 0.3) is 0 Å². The first-order valence-electron chi connectivity index (χ1n) is 9.52. The molecule has 142 valence electrons. The summed E-state index contributed by atoms with van der Waals surface area (Å²) in [4.78, 5) is 25.0. The van der Waals surface area contributed by atoms with Gasteiger partial charge in [0.1, 0.15) is 5.82 Å². The number of nitrogens with two attached hydrogens (primary N) is 2. The van der Waals surface area contributed by atoms with Crippen LogP contribution in [0.1, 0.15) is 60.6 Å². The molecule has 8 nitrogen and oxygen atoms in total. The lowest BCUT2D eigenvalue weighted by molar-refractivity contribution is 0.0996. The van der Waals surface area contributed by atoms with Gasteiger partial charge in [-0.15, -0.1) is 0 Å². The van der Waals surface area contributed by atoms with Gasteiger partial charge < -0.3 is 22.1 Å². The fourth-order valence-corrected chi connectivity index (χ4v) is 3.52. The molecular weight excluding hydrogens is 342 g/mol. The molecule has 0 aromatic carbocycles. The SMILES string of the molecule is NC(=O)c1ncc(NC2CCCCC2N)nc1Nc1ccnc(C2CC2)c1. The van der Waals surface area contributed by atoms with Crippen molar-refractivity contribution in [2.24, 2.45) is 11.5 Å². The quantitative estimate of drug-likeness (QED) is 0.616. The number of rotatable bonds is 6. The van der Waals surface area contributed by atoms with Gasteiger partial charge in [0.2, 0.25) is 0 Å². The van der Waals surface area contributed by atoms with E-state index in [1.54, 1.807) is 6.20 Å². The second-order valence-corrected chi connectivity index (χ2v) is 7.38. The summed E-state index contributed by atoms with van der Waals surface area (Å²) >= 11 is 0. The van der Waals surface area contributed by atoms with Crippen LogP contribution in [0.5, 0.6) is 0 Å². The van der Waals surface area contributed by atoms with E-state index in [1.807, 2.05) is 12.1 Å². The lowest BCUT2D eigenvalue weighted by Crippen LogP contribution is -2.42. The molecule has 4 rings (SSSR count). The van der Waals surface area contributed by atoms with E-state index in [4.69, 9.17) is 11.5 Å². The number of nitrogens with zero attached hydrogens (tertiary/aromatic N) is 3. The molecule has 2 saturated carbocycles. The van der Waals surface area contributed by atoms with Crippen LogP contribution >= 0.6 is 0 Å². The zero-order valence-electron chi connectivity index (χ0n) is 15.2. The summed E-state index contributed by atoms with van der Waals surface area (Å²) in [7, 11) is 0. The van der Waals surface area contributed by atoms with Gasteiger partial charge in [0.25, 0.3) is 5.91 Å². The van der Waals surface area contributed by atoms with E-state index in [1.165, 1.54) is 19.0 Å². The highest BCUT2D eigenvalue weighted by molar-refractivity contribution is 5.96. The fourth-order valence-electron chi connectivity index (χ4n) is 3.52. The molecule has 1 amide bonds. The summed E-state index contributed by atoms with van der Waals surface area (Å²) in [6, 6.07) is 4.08. The van der Waals surface area contributed by atoms with Gasteiger partial charge in [-0.25, -0.2) is 9.97 Å². The van der Waals surface area contributed by atoms with Crippen molar-refractivity contribution in [2.75, 3.05) is 10.6 Å². The van der Waals surface area contributed by atoms with Crippen LogP contribution in [0.3, 0.4) is 0 Å². The molecule has 0 saturated heterocycles. The van der Waals surface area contributed by atoms with Crippen LogP contribution in [-0.4, -0.2) is 32.9 Å². The van der Waals surface area contributed by atoms with Crippen LogP contribution in [0.2, 0.25) is 0 Å². The molecule has 2 aromatic rings. The maximum atomic E-state index is 11.8. The van der Waals surface area contributed by atoms with Gasteiger partial charge in [-0.2, -0.15) is 0 Å². The van der Waals surface area contributed by atoms with Gasteiger partial charge >= 0.3 is 0 Å². The van der Waals surface area contributed by atoms with E-state index in [-0.39, 0.29) is 17.8 Å². The summed E-state index contributed by atoms with van der Waals surface area (Å²) in [5.74, 6) is 0.836. The fraction of sp³-hybridized carbons (Fsp3) is 0.474. The molecule has 2 aliphatic rings. The Morgan fingerprint density at radius 2 is 1.96 bits per heavy atom. The first-order chi connectivity index (χ1) is 13.1. The zero-order valence-corrected chi connectivity index (χ0v) is 15.2. The minimum absolute atomic E-state index is 0.0917. The van der Waals surface area contributed by atoms with Crippen LogP contribution in [0.15, 0.2) is 24.5 Å². The van der Waals surface area contributed by atoms with E-state index in [9.17, 15) is 4.79 Å². The van der Waals surface area contributed by atoms with E-state index >= 15 is 0 Å². The summed E-state index contributed by atoms with van der Waals surface area (Å²) in [6.07, 6.45) is 9.93. The van der Waals surface area contributed by atoms with Crippen LogP contribution in [0.4, 0.5) is 17.3 Å². The maximum Gasteiger partial charge on any atom is 0.271 e. The Labute approximate surface area is 158 Å². The van der Waals surface area contributed by atoms with Gasteiger partial charge in [0, 0.05) is 35.6 Å². The molecule has 0 spiro atoms. The Balaban J connectivity index is 1.57. The van der Waals surface area contributed by atoms with Crippen molar-refractivity contribution in [3.8, 4) is 0 Å². The molecule has 2 fully saturated rings. The van der Waals surface area contributed by atoms with Crippen molar-refractivity contribution in [3.63, 3.8) is 0 Å². The molecule has 0 bridgehead atoms. The standard InChI is InChI=1S/C19H25N7O/c20-13-3-1-2-4-14(13)25-16-10-23-17(18(21)27)19(26-16)24-12-7-8-22-15(9-12)11-5-6-11/h7-11,13-14H,1-6,20H2,(H2,21,27)(H2,22,24,25,26). The van der Waals surface area contributed by atoms with Crippen molar-refractivity contribution in [2.45, 2.75) is 56.5 Å². The highest BCUT2D eigenvalue weighted by atomic mass is 16.1. The predicted molar refractivity (Wildman–Crippen MR) is 104 cm³/mol. The molecule has 2 heterocycles. The van der Waals surface area contributed by atoms with Gasteiger partial charge in [0.15, 0.2) is 11.5 Å². The Kier molecular flexibility index (Phi) is 4.89. The Hall–Kier alpha value is -2.74. The molecule has 2 unspecified atom stereocenters. The van der Waals surface area contributed by atoms with Gasteiger partial charge in [-0.05, 0) is 37.8 Å². The Morgan fingerprint density at radius 3 is 2.70 bits per heavy atom. The molecular formula is C19H25N7O. The highest BCUT2D eigenvalue weighted by Gasteiger charge is 2.25. The number of hydrogen-bond donors (Lipinski definition) is 4. The number of carbonyl (C=O) groups excluding carboxylic acids is 1. The molecule has 27 heavy (non-hydrogen) atoms. The van der Waals surface area contributed by atoms with E-state index in [0.717, 1.165) is 37.1 Å². The van der Waals surface area contributed by atoms with Gasteiger partial charge in [0.05, 0.1) is 6.20 Å². The molecule has 2 atom stereocenters. The smallest absolute Gasteiger partial charge is 0.271 e. The molecule has 0 radical (unpaired) electrons.